The fourth-order valence-electron chi connectivity index (χ4n) is 6.71. The van der Waals surface area contributed by atoms with Crippen molar-refractivity contribution in [2.45, 2.75) is 130 Å². The van der Waals surface area contributed by atoms with Gasteiger partial charge < -0.3 is 30.0 Å². The summed E-state index contributed by atoms with van der Waals surface area (Å²) in [6, 6.07) is 0. The number of amides is 2. The van der Waals surface area contributed by atoms with Gasteiger partial charge in [-0.15, -0.1) is 11.6 Å². The van der Waals surface area contributed by atoms with Crippen LogP contribution in [0.15, 0.2) is 0 Å². The molecule has 3 N–H and O–H groups in total. The van der Waals surface area contributed by atoms with Gasteiger partial charge in [-0.3, -0.25) is 9.59 Å². The molecule has 2 amide bonds. The van der Waals surface area contributed by atoms with Crippen LogP contribution in [-0.4, -0.2) is 83.3 Å². The van der Waals surface area contributed by atoms with E-state index in [2.05, 4.69) is 10.6 Å². The van der Waals surface area contributed by atoms with E-state index in [1.807, 2.05) is 0 Å². The molecule has 198 valence electrons. The Balaban J connectivity index is 1.10. The van der Waals surface area contributed by atoms with Gasteiger partial charge in [0.2, 0.25) is 5.91 Å². The lowest BCUT2D eigenvalue weighted by Crippen LogP contribution is -2.71. The molecule has 10 heteroatoms. The molecule has 6 rings (SSSR count). The lowest BCUT2D eigenvalue weighted by Gasteiger charge is -2.56. The quantitative estimate of drug-likeness (QED) is 0.468. The Kier molecular flexibility index (Phi) is 7.62. The number of fused-ring (bicyclic) bond motifs is 4. The van der Waals surface area contributed by atoms with Gasteiger partial charge in [0.15, 0.2) is 6.10 Å². The highest BCUT2D eigenvalue weighted by atomic mass is 35.5. The number of carbonyl (C=O) groups is 2. The van der Waals surface area contributed by atoms with Gasteiger partial charge in [-0.1, -0.05) is 12.8 Å². The van der Waals surface area contributed by atoms with Gasteiger partial charge in [0.1, 0.15) is 12.8 Å². The van der Waals surface area contributed by atoms with E-state index < -0.39 is 34.8 Å². The molecule has 0 aromatic carbocycles. The maximum Gasteiger partial charge on any atom is 0.252 e. The summed E-state index contributed by atoms with van der Waals surface area (Å²) in [5, 5.41) is 16.7. The first-order valence-electron chi connectivity index (χ1n) is 13.3. The van der Waals surface area contributed by atoms with Crippen LogP contribution in [0, 0.1) is 0 Å². The van der Waals surface area contributed by atoms with E-state index in [1.165, 1.54) is 0 Å². The van der Waals surface area contributed by atoms with Crippen LogP contribution in [0.4, 0.5) is 4.39 Å². The topological polar surface area (TPSA) is 106 Å². The van der Waals surface area contributed by atoms with Crippen molar-refractivity contribution in [2.24, 2.45) is 0 Å². The Bertz CT molecular complexity index is 794. The number of hydrogen-bond acceptors (Lipinski definition) is 6. The van der Waals surface area contributed by atoms with Crippen LogP contribution >= 0.6 is 11.6 Å². The zero-order valence-electron chi connectivity index (χ0n) is 20.2. The average molecular weight is 517 g/mol. The predicted octanol–water partition coefficient (Wildman–Crippen LogP) is 2.28. The van der Waals surface area contributed by atoms with Gasteiger partial charge in [0.25, 0.3) is 5.91 Å². The molecule has 0 spiro atoms. The summed E-state index contributed by atoms with van der Waals surface area (Å²) >= 11 is 5.92. The maximum absolute atomic E-state index is 13.8. The number of aliphatic hydroxyl groups excluding tert-OH is 1. The van der Waals surface area contributed by atoms with Crippen LogP contribution in [-0.2, 0) is 23.8 Å². The normalized spacial score (nSPS) is 45.4. The molecule has 2 bridgehead atoms. The minimum absolute atomic E-state index is 0.0285. The van der Waals surface area contributed by atoms with Crippen molar-refractivity contribution in [1.29, 1.82) is 0 Å². The molecule has 0 aromatic rings. The Morgan fingerprint density at radius 1 is 1.06 bits per heavy atom. The Hall–Kier alpha value is -1.00. The average Bonchev–Trinajstić information content (AvgIpc) is 2.85. The highest BCUT2D eigenvalue weighted by Crippen LogP contribution is 2.47. The molecular weight excluding hydrogens is 479 g/mol. The third-order valence-electron chi connectivity index (χ3n) is 8.93. The maximum atomic E-state index is 13.8. The van der Waals surface area contributed by atoms with Gasteiger partial charge in [-0.25, -0.2) is 4.39 Å². The molecule has 0 radical (unpaired) electrons. The first kappa shape index (κ1) is 25.6. The van der Waals surface area contributed by atoms with Crippen LogP contribution in [0.2, 0.25) is 0 Å². The number of halogens is 2. The number of nitrogens with one attached hydrogen (secondary N) is 2. The van der Waals surface area contributed by atoms with Gasteiger partial charge in [-0.2, -0.15) is 0 Å². The number of rotatable bonds is 6. The van der Waals surface area contributed by atoms with Crippen molar-refractivity contribution < 1.29 is 33.3 Å². The number of carbonyl (C=O) groups excluding carboxylic acids is 2. The van der Waals surface area contributed by atoms with E-state index in [9.17, 15) is 19.1 Å². The van der Waals surface area contributed by atoms with Gasteiger partial charge >= 0.3 is 0 Å². The SMILES string of the molecule is O=C(COC1CCC(Cl)C(F)C1)NC12CCC(NC(=O)C3COC4CCCCC4O3)(CC1)[C@@H](O)C2. The molecule has 6 aliphatic rings. The monoisotopic (exact) mass is 516 g/mol. The lowest BCUT2D eigenvalue weighted by atomic mass is 9.60. The van der Waals surface area contributed by atoms with Gasteiger partial charge in [0.05, 0.1) is 41.9 Å². The predicted molar refractivity (Wildman–Crippen MR) is 126 cm³/mol. The van der Waals surface area contributed by atoms with Crippen molar-refractivity contribution in [3.05, 3.63) is 0 Å². The molecule has 35 heavy (non-hydrogen) atoms. The molecule has 1 heterocycles. The number of hydrogen-bond donors (Lipinski definition) is 3. The first-order valence-corrected chi connectivity index (χ1v) is 13.7. The molecule has 5 aliphatic carbocycles. The molecule has 0 aromatic heterocycles. The Labute approximate surface area is 210 Å². The number of alkyl halides is 2. The molecule has 1 saturated heterocycles. The second-order valence-electron chi connectivity index (χ2n) is 11.3. The second kappa shape index (κ2) is 10.4. The first-order chi connectivity index (χ1) is 16.8. The van der Waals surface area contributed by atoms with Crippen LogP contribution in [0.3, 0.4) is 0 Å². The minimum Gasteiger partial charge on any atom is -0.391 e. The largest absolute Gasteiger partial charge is 0.391 e. The van der Waals surface area contributed by atoms with Crippen molar-refractivity contribution in [3.8, 4) is 0 Å². The van der Waals surface area contributed by atoms with Crippen LogP contribution in [0.1, 0.15) is 77.0 Å². The van der Waals surface area contributed by atoms with Crippen molar-refractivity contribution in [2.75, 3.05) is 13.2 Å². The van der Waals surface area contributed by atoms with E-state index >= 15 is 0 Å². The minimum atomic E-state index is -1.11. The van der Waals surface area contributed by atoms with Crippen molar-refractivity contribution >= 4 is 23.4 Å². The van der Waals surface area contributed by atoms with Gasteiger partial charge in [-0.05, 0) is 57.8 Å². The van der Waals surface area contributed by atoms with Crippen LogP contribution < -0.4 is 10.6 Å². The third kappa shape index (κ3) is 5.49. The molecular formula is C25H38ClFN2O6. The summed E-state index contributed by atoms with van der Waals surface area (Å²) in [7, 11) is 0. The van der Waals surface area contributed by atoms with Crippen LogP contribution in [0.25, 0.3) is 0 Å². The van der Waals surface area contributed by atoms with E-state index in [1.54, 1.807) is 0 Å². The van der Waals surface area contributed by atoms with E-state index in [-0.39, 0.29) is 49.8 Å². The molecule has 6 unspecified atom stereocenters. The highest BCUT2D eigenvalue weighted by Gasteiger charge is 2.56. The molecule has 5 saturated carbocycles. The standard InChI is InChI=1S/C25H38ClFN2O6/c26-16-6-5-15(11-17(16)27)33-14-22(31)28-24-7-9-25(10-8-24,21(30)12-24)29-23(32)20-13-34-18-3-1-2-4-19(18)35-20/h15-21,30H,1-14H2,(H,28,31)(H,29,32)/t15?,16?,17?,18?,19?,20?,21-,24?,25?/m0/s1. The third-order valence-corrected chi connectivity index (χ3v) is 9.42. The Morgan fingerprint density at radius 3 is 2.51 bits per heavy atom. The summed E-state index contributed by atoms with van der Waals surface area (Å²) in [6.45, 7) is 0.111. The summed E-state index contributed by atoms with van der Waals surface area (Å²) in [5.74, 6) is -0.480. The summed E-state index contributed by atoms with van der Waals surface area (Å²) in [5.41, 5.74) is -1.22. The fourth-order valence-corrected chi connectivity index (χ4v) is 6.94. The molecule has 7 atom stereocenters. The van der Waals surface area contributed by atoms with Gasteiger partial charge in [0, 0.05) is 12.0 Å². The zero-order chi connectivity index (χ0) is 24.6. The summed E-state index contributed by atoms with van der Waals surface area (Å²) < 4.78 is 31.5. The van der Waals surface area contributed by atoms with Crippen molar-refractivity contribution in [3.63, 3.8) is 0 Å². The van der Waals surface area contributed by atoms with Crippen molar-refractivity contribution in [1.82, 2.24) is 10.6 Å². The fraction of sp³-hybridized carbons (Fsp3) is 0.920. The number of ether oxygens (including phenoxy) is 3. The Morgan fingerprint density at radius 2 is 1.80 bits per heavy atom. The summed E-state index contributed by atoms with van der Waals surface area (Å²) in [6.07, 6.45) is 5.57. The highest BCUT2D eigenvalue weighted by molar-refractivity contribution is 6.21. The summed E-state index contributed by atoms with van der Waals surface area (Å²) in [4.78, 5) is 25.7. The zero-order valence-corrected chi connectivity index (χ0v) is 20.9. The molecule has 6 fully saturated rings. The van der Waals surface area contributed by atoms with E-state index in [0.29, 0.717) is 44.9 Å². The van der Waals surface area contributed by atoms with E-state index in [4.69, 9.17) is 25.8 Å². The molecule has 8 nitrogen and oxygen atoms in total. The lowest BCUT2D eigenvalue weighted by molar-refractivity contribution is -0.198. The van der Waals surface area contributed by atoms with E-state index in [0.717, 1.165) is 25.7 Å². The number of aliphatic hydroxyl groups is 1. The smallest absolute Gasteiger partial charge is 0.252 e. The second-order valence-corrected chi connectivity index (χ2v) is 11.9. The van der Waals surface area contributed by atoms with Crippen LogP contribution in [0.5, 0.6) is 0 Å². The molecule has 1 aliphatic heterocycles.